The molecule has 1 aromatic rings. The van der Waals surface area contributed by atoms with E-state index in [1.54, 1.807) is 32.9 Å². The lowest BCUT2D eigenvalue weighted by molar-refractivity contribution is -0.161. The molecular weight excluding hydrogens is 332 g/mol. The fourth-order valence-corrected chi connectivity index (χ4v) is 3.61. The molecule has 142 valence electrons. The number of piperidine rings is 3. The maximum absolute atomic E-state index is 12.9. The minimum Gasteiger partial charge on any atom is -0.459 e. The average molecular weight is 360 g/mol. The molecule has 3 heterocycles. The number of fused-ring (bicyclic) bond motifs is 3. The van der Waals surface area contributed by atoms with Crippen molar-refractivity contribution in [2.45, 2.75) is 51.4 Å². The third-order valence-corrected chi connectivity index (χ3v) is 4.89. The lowest BCUT2D eigenvalue weighted by Gasteiger charge is -2.44. The number of alkyl carbamates (subject to hydrolysis) is 1. The van der Waals surface area contributed by atoms with E-state index < -0.39 is 23.7 Å². The highest BCUT2D eigenvalue weighted by atomic mass is 16.6. The zero-order valence-electron chi connectivity index (χ0n) is 15.7. The Labute approximate surface area is 154 Å². The lowest BCUT2D eigenvalue weighted by atomic mass is 9.86. The van der Waals surface area contributed by atoms with Gasteiger partial charge in [-0.15, -0.1) is 0 Å². The van der Waals surface area contributed by atoms with Gasteiger partial charge in [0.2, 0.25) is 0 Å². The molecule has 1 amide bonds. The molecule has 1 N–H and O–H groups in total. The number of hydrogen-bond acceptors (Lipinski definition) is 5. The minimum atomic E-state index is -0.874. The van der Waals surface area contributed by atoms with Crippen molar-refractivity contribution in [3.8, 4) is 0 Å². The molecule has 6 nitrogen and oxygen atoms in total. The van der Waals surface area contributed by atoms with Gasteiger partial charge in [0.1, 0.15) is 11.7 Å². The predicted octanol–water partition coefficient (Wildman–Crippen LogP) is 2.89. The van der Waals surface area contributed by atoms with Crippen LogP contribution in [0.15, 0.2) is 30.3 Å². The number of ether oxygens (including phenoxy) is 2. The highest BCUT2D eigenvalue weighted by molar-refractivity contribution is 5.83. The third-order valence-electron chi connectivity index (χ3n) is 4.89. The Morgan fingerprint density at radius 3 is 2.35 bits per heavy atom. The Balaban J connectivity index is 1.70. The first kappa shape index (κ1) is 18.7. The maximum Gasteiger partial charge on any atom is 0.408 e. The van der Waals surface area contributed by atoms with Gasteiger partial charge in [-0.05, 0) is 58.2 Å². The summed E-state index contributed by atoms with van der Waals surface area (Å²) in [7, 11) is 0. The van der Waals surface area contributed by atoms with E-state index in [0.29, 0.717) is 11.5 Å². The van der Waals surface area contributed by atoms with Crippen LogP contribution in [0, 0.1) is 5.92 Å². The van der Waals surface area contributed by atoms with E-state index in [9.17, 15) is 9.59 Å². The summed E-state index contributed by atoms with van der Waals surface area (Å²) >= 11 is 0. The Morgan fingerprint density at radius 2 is 1.81 bits per heavy atom. The van der Waals surface area contributed by atoms with Crippen LogP contribution in [0.3, 0.4) is 0 Å². The van der Waals surface area contributed by atoms with Gasteiger partial charge < -0.3 is 14.8 Å². The molecule has 1 aromatic carbocycles. The Hall–Kier alpha value is -2.08. The van der Waals surface area contributed by atoms with Gasteiger partial charge in [-0.25, -0.2) is 9.59 Å². The van der Waals surface area contributed by atoms with Gasteiger partial charge in [-0.2, -0.15) is 0 Å². The summed E-state index contributed by atoms with van der Waals surface area (Å²) in [5, 5.41) is 2.67. The van der Waals surface area contributed by atoms with Crippen molar-refractivity contribution in [2.75, 3.05) is 19.6 Å². The summed E-state index contributed by atoms with van der Waals surface area (Å²) in [5.41, 5.74) is 0.0509. The molecule has 2 atom stereocenters. The SMILES string of the molecule is CC(C)(C)OC(=O)NC(C(=O)OC1CN2CCC1CC2)c1ccccc1. The van der Waals surface area contributed by atoms with Crippen LogP contribution < -0.4 is 5.32 Å². The van der Waals surface area contributed by atoms with Crippen LogP contribution in [0.4, 0.5) is 4.79 Å². The van der Waals surface area contributed by atoms with Crippen molar-refractivity contribution in [1.29, 1.82) is 0 Å². The molecule has 3 saturated heterocycles. The molecule has 0 spiro atoms. The molecule has 2 bridgehead atoms. The number of nitrogens with zero attached hydrogens (tertiary/aromatic N) is 1. The summed E-state index contributed by atoms with van der Waals surface area (Å²) in [4.78, 5) is 27.4. The highest BCUT2D eigenvalue weighted by Crippen LogP contribution is 2.30. The van der Waals surface area contributed by atoms with E-state index in [-0.39, 0.29) is 6.10 Å². The van der Waals surface area contributed by atoms with E-state index in [0.717, 1.165) is 32.5 Å². The van der Waals surface area contributed by atoms with Gasteiger partial charge in [-0.1, -0.05) is 30.3 Å². The number of nitrogens with one attached hydrogen (secondary N) is 1. The summed E-state index contributed by atoms with van der Waals surface area (Å²) in [6.07, 6.45) is 1.40. The molecule has 3 fully saturated rings. The first-order valence-corrected chi connectivity index (χ1v) is 9.29. The number of benzene rings is 1. The summed E-state index contributed by atoms with van der Waals surface area (Å²) < 4.78 is 11.1. The standard InChI is InChI=1S/C20H28N2O4/c1-20(2,3)26-19(24)21-17(15-7-5-4-6-8-15)18(23)25-16-13-22-11-9-14(16)10-12-22/h4-8,14,16-17H,9-13H2,1-3H3,(H,21,24). The van der Waals surface area contributed by atoms with Crippen molar-refractivity contribution in [3.05, 3.63) is 35.9 Å². The second-order valence-corrected chi connectivity index (χ2v) is 8.10. The van der Waals surface area contributed by atoms with Crippen LogP contribution in [0.1, 0.15) is 45.2 Å². The van der Waals surface area contributed by atoms with Gasteiger partial charge in [0.05, 0.1) is 0 Å². The lowest BCUT2D eigenvalue weighted by Crippen LogP contribution is -2.52. The first-order valence-electron chi connectivity index (χ1n) is 9.29. The van der Waals surface area contributed by atoms with Gasteiger partial charge in [-0.3, -0.25) is 4.90 Å². The summed E-state index contributed by atoms with van der Waals surface area (Å²) in [6.45, 7) is 8.30. The number of amides is 1. The van der Waals surface area contributed by atoms with Crippen molar-refractivity contribution in [3.63, 3.8) is 0 Å². The van der Waals surface area contributed by atoms with Gasteiger partial charge in [0.25, 0.3) is 0 Å². The predicted molar refractivity (Wildman–Crippen MR) is 97.6 cm³/mol. The van der Waals surface area contributed by atoms with Crippen LogP contribution in [0.2, 0.25) is 0 Å². The monoisotopic (exact) mass is 360 g/mol. The molecule has 3 aliphatic rings. The smallest absolute Gasteiger partial charge is 0.408 e. The van der Waals surface area contributed by atoms with Gasteiger partial charge in [0, 0.05) is 6.54 Å². The molecule has 3 aliphatic heterocycles. The van der Waals surface area contributed by atoms with Crippen LogP contribution in [0.25, 0.3) is 0 Å². The van der Waals surface area contributed by atoms with Crippen molar-refractivity contribution >= 4 is 12.1 Å². The van der Waals surface area contributed by atoms with E-state index in [2.05, 4.69) is 10.2 Å². The maximum atomic E-state index is 12.9. The molecule has 0 aliphatic carbocycles. The Bertz CT molecular complexity index is 633. The molecule has 0 aromatic heterocycles. The summed E-state index contributed by atoms with van der Waals surface area (Å²) in [6, 6.07) is 8.27. The zero-order valence-corrected chi connectivity index (χ0v) is 15.7. The molecule has 0 saturated carbocycles. The van der Waals surface area contributed by atoms with E-state index in [1.807, 2.05) is 18.2 Å². The number of carbonyl (C=O) groups excluding carboxylic acids is 2. The van der Waals surface area contributed by atoms with Gasteiger partial charge in [0.15, 0.2) is 6.04 Å². The fraction of sp³-hybridized carbons (Fsp3) is 0.600. The van der Waals surface area contributed by atoms with E-state index in [1.165, 1.54) is 0 Å². The second-order valence-electron chi connectivity index (χ2n) is 8.10. The number of hydrogen-bond donors (Lipinski definition) is 1. The van der Waals surface area contributed by atoms with Crippen LogP contribution >= 0.6 is 0 Å². The molecule has 0 radical (unpaired) electrons. The van der Waals surface area contributed by atoms with Crippen LogP contribution in [-0.2, 0) is 14.3 Å². The molecule has 4 rings (SSSR count). The molecule has 2 unspecified atom stereocenters. The van der Waals surface area contributed by atoms with Gasteiger partial charge >= 0.3 is 12.1 Å². The molecule has 26 heavy (non-hydrogen) atoms. The van der Waals surface area contributed by atoms with Crippen molar-refractivity contribution in [2.24, 2.45) is 5.92 Å². The molecular formula is C20H28N2O4. The minimum absolute atomic E-state index is 0.100. The number of esters is 1. The zero-order chi connectivity index (χ0) is 18.7. The van der Waals surface area contributed by atoms with E-state index >= 15 is 0 Å². The van der Waals surface area contributed by atoms with Crippen LogP contribution in [-0.4, -0.2) is 48.3 Å². The third kappa shape index (κ3) is 4.75. The van der Waals surface area contributed by atoms with E-state index in [4.69, 9.17) is 9.47 Å². The Morgan fingerprint density at radius 1 is 1.15 bits per heavy atom. The van der Waals surface area contributed by atoms with Crippen LogP contribution in [0.5, 0.6) is 0 Å². The van der Waals surface area contributed by atoms with Crippen molar-refractivity contribution < 1.29 is 19.1 Å². The number of rotatable bonds is 4. The Kier molecular flexibility index (Phi) is 5.51. The molecule has 6 heteroatoms. The quantitative estimate of drug-likeness (QED) is 0.836. The number of carbonyl (C=O) groups is 2. The highest BCUT2D eigenvalue weighted by Gasteiger charge is 2.38. The average Bonchev–Trinajstić information content (AvgIpc) is 2.60. The topological polar surface area (TPSA) is 67.9 Å². The largest absolute Gasteiger partial charge is 0.459 e. The fourth-order valence-electron chi connectivity index (χ4n) is 3.61. The summed E-state index contributed by atoms with van der Waals surface area (Å²) in [5.74, 6) is -0.0114. The van der Waals surface area contributed by atoms with Crippen molar-refractivity contribution in [1.82, 2.24) is 10.2 Å². The second kappa shape index (κ2) is 7.66. The normalized spacial score (nSPS) is 26.0. The first-order chi connectivity index (χ1) is 12.3.